The normalized spacial score (nSPS) is 18.1. The fraction of sp³-hybridized carbons (Fsp3) is 0.414. The minimum Gasteiger partial charge on any atom is -0.497 e. The number of nitrogens with zero attached hydrogens (tertiary/aromatic N) is 4. The summed E-state index contributed by atoms with van der Waals surface area (Å²) in [5.41, 5.74) is 2.67. The highest BCUT2D eigenvalue weighted by Crippen LogP contribution is 2.48. The third-order valence-electron chi connectivity index (χ3n) is 6.93. The summed E-state index contributed by atoms with van der Waals surface area (Å²) in [4.78, 5) is 30.5. The van der Waals surface area contributed by atoms with E-state index in [1.807, 2.05) is 30.3 Å². The summed E-state index contributed by atoms with van der Waals surface area (Å²) in [6.45, 7) is 8.00. The highest BCUT2D eigenvalue weighted by atomic mass is 32.2. The van der Waals surface area contributed by atoms with Crippen LogP contribution in [-0.2, 0) is 19.7 Å². The van der Waals surface area contributed by atoms with Crippen LogP contribution in [0.1, 0.15) is 42.8 Å². The molecule has 0 N–H and O–H groups in total. The molecule has 3 aromatic rings. The number of amides is 2. The van der Waals surface area contributed by atoms with E-state index in [1.54, 1.807) is 27.7 Å². The van der Waals surface area contributed by atoms with Gasteiger partial charge in [-0.1, -0.05) is 32.9 Å². The smallest absolute Gasteiger partial charge is 0.242 e. The Labute approximate surface area is 232 Å². The third kappa shape index (κ3) is 5.53. The van der Waals surface area contributed by atoms with Gasteiger partial charge in [0, 0.05) is 24.1 Å². The lowest BCUT2D eigenvalue weighted by Gasteiger charge is -2.30. The highest BCUT2D eigenvalue weighted by Gasteiger charge is 2.40. The Hall–Kier alpha value is -3.37. The maximum absolute atomic E-state index is 14.4. The first-order valence-electron chi connectivity index (χ1n) is 13.0. The Balaban J connectivity index is 1.72. The number of rotatable bonds is 5. The van der Waals surface area contributed by atoms with E-state index in [-0.39, 0.29) is 35.2 Å². The molecular weight excluding hydrogens is 519 g/mol. The molecule has 2 amide bonds. The molecule has 2 aliphatic rings. The van der Waals surface area contributed by atoms with E-state index in [4.69, 9.17) is 14.6 Å². The first-order valence-corrected chi connectivity index (χ1v) is 14.0. The van der Waals surface area contributed by atoms with Gasteiger partial charge in [-0.2, -0.15) is 5.10 Å². The van der Waals surface area contributed by atoms with Crippen LogP contribution in [0.25, 0.3) is 5.69 Å². The summed E-state index contributed by atoms with van der Waals surface area (Å²) in [6, 6.07) is 13.9. The standard InChI is InChI=1S/C29H33FN4O4S/c1-29(2,3)27-25-26(19-6-5-7-20(30)16-19)39-18-24(36)33(17-23(35)32-12-14-38-15-13-32)28(25)34(31-27)21-8-10-22(37-4)11-9-21/h5-11,16,26H,12-15,17-18H2,1-4H3/t26-/m0/s1. The molecule has 1 saturated heterocycles. The van der Waals surface area contributed by atoms with Crippen LogP contribution in [0.2, 0.25) is 0 Å². The zero-order chi connectivity index (χ0) is 27.7. The van der Waals surface area contributed by atoms with Crippen molar-refractivity contribution >= 4 is 29.4 Å². The van der Waals surface area contributed by atoms with Crippen LogP contribution < -0.4 is 9.64 Å². The van der Waals surface area contributed by atoms with Crippen molar-refractivity contribution in [3.8, 4) is 11.4 Å². The number of hydrogen-bond donors (Lipinski definition) is 0. The lowest BCUT2D eigenvalue weighted by Crippen LogP contribution is -2.48. The highest BCUT2D eigenvalue weighted by molar-refractivity contribution is 8.00. The molecule has 2 aromatic carbocycles. The second-order valence-electron chi connectivity index (χ2n) is 10.7. The number of ether oxygens (including phenoxy) is 2. The van der Waals surface area contributed by atoms with Crippen molar-refractivity contribution in [3.63, 3.8) is 0 Å². The quantitative estimate of drug-likeness (QED) is 0.469. The number of halogens is 1. The number of carbonyl (C=O) groups is 2. The predicted molar refractivity (Wildman–Crippen MR) is 149 cm³/mol. The molecule has 3 heterocycles. The van der Waals surface area contributed by atoms with E-state index < -0.39 is 5.41 Å². The summed E-state index contributed by atoms with van der Waals surface area (Å²) in [7, 11) is 1.60. The zero-order valence-electron chi connectivity index (χ0n) is 22.6. The van der Waals surface area contributed by atoms with Crippen molar-refractivity contribution in [2.45, 2.75) is 31.4 Å². The zero-order valence-corrected chi connectivity index (χ0v) is 23.5. The number of anilines is 1. The molecule has 5 rings (SSSR count). The van der Waals surface area contributed by atoms with E-state index in [9.17, 15) is 14.0 Å². The van der Waals surface area contributed by atoms with Gasteiger partial charge in [-0.15, -0.1) is 11.8 Å². The van der Waals surface area contributed by atoms with Crippen LogP contribution in [0.3, 0.4) is 0 Å². The summed E-state index contributed by atoms with van der Waals surface area (Å²) < 4.78 is 26.9. The van der Waals surface area contributed by atoms with Crippen LogP contribution in [-0.4, -0.2) is 72.2 Å². The van der Waals surface area contributed by atoms with E-state index in [1.165, 1.54) is 23.9 Å². The van der Waals surface area contributed by atoms with Crippen molar-refractivity contribution in [1.29, 1.82) is 0 Å². The number of benzene rings is 2. The minimum atomic E-state index is -0.402. The molecule has 0 spiro atoms. The van der Waals surface area contributed by atoms with Crippen LogP contribution in [0.5, 0.6) is 5.75 Å². The molecule has 1 aromatic heterocycles. The molecule has 39 heavy (non-hydrogen) atoms. The Morgan fingerprint density at radius 1 is 1.15 bits per heavy atom. The molecule has 0 bridgehead atoms. The van der Waals surface area contributed by atoms with Crippen LogP contribution in [0.15, 0.2) is 48.5 Å². The van der Waals surface area contributed by atoms with Crippen molar-refractivity contribution in [3.05, 3.63) is 71.2 Å². The first kappa shape index (κ1) is 27.2. The van der Waals surface area contributed by atoms with Gasteiger partial charge < -0.3 is 14.4 Å². The Kier molecular flexibility index (Phi) is 7.68. The molecule has 0 unspecified atom stereocenters. The Morgan fingerprint density at radius 2 is 1.87 bits per heavy atom. The summed E-state index contributed by atoms with van der Waals surface area (Å²) in [6.07, 6.45) is 0. The number of fused-ring (bicyclic) bond motifs is 1. The third-order valence-corrected chi connectivity index (χ3v) is 8.18. The molecular formula is C29H33FN4O4S. The van der Waals surface area contributed by atoms with Crippen molar-refractivity contribution in [2.75, 3.05) is 50.6 Å². The number of hydrogen-bond acceptors (Lipinski definition) is 6. The van der Waals surface area contributed by atoms with Gasteiger partial charge >= 0.3 is 0 Å². The molecule has 1 fully saturated rings. The summed E-state index contributed by atoms with van der Waals surface area (Å²) in [5.74, 6) is 0.680. The molecule has 206 valence electrons. The van der Waals surface area contributed by atoms with Gasteiger partial charge in [0.2, 0.25) is 11.8 Å². The molecule has 8 nitrogen and oxygen atoms in total. The predicted octanol–water partition coefficient (Wildman–Crippen LogP) is 4.35. The fourth-order valence-corrected chi connectivity index (χ4v) is 6.15. The number of carbonyl (C=O) groups excluding carboxylic acids is 2. The van der Waals surface area contributed by atoms with E-state index in [2.05, 4.69) is 20.8 Å². The molecule has 0 saturated carbocycles. The number of thioether (sulfide) groups is 1. The van der Waals surface area contributed by atoms with Gasteiger partial charge in [-0.3, -0.25) is 14.5 Å². The van der Waals surface area contributed by atoms with Crippen molar-refractivity contribution in [1.82, 2.24) is 14.7 Å². The second kappa shape index (κ2) is 11.0. The monoisotopic (exact) mass is 552 g/mol. The average Bonchev–Trinajstić information content (AvgIpc) is 3.27. The lowest BCUT2D eigenvalue weighted by atomic mass is 9.87. The largest absolute Gasteiger partial charge is 0.497 e. The average molecular weight is 553 g/mol. The SMILES string of the molecule is COc1ccc(-n2nc(C(C)(C)C)c3c2N(CC(=O)N2CCOCC2)C(=O)CS[C@H]3c2cccc(F)c2)cc1. The van der Waals surface area contributed by atoms with E-state index in [0.29, 0.717) is 37.9 Å². The van der Waals surface area contributed by atoms with Crippen LogP contribution >= 0.6 is 11.8 Å². The van der Waals surface area contributed by atoms with E-state index in [0.717, 1.165) is 22.5 Å². The van der Waals surface area contributed by atoms with Gasteiger partial charge in [0.05, 0.1) is 42.7 Å². The van der Waals surface area contributed by atoms with E-state index >= 15 is 0 Å². The Bertz CT molecular complexity index is 1360. The topological polar surface area (TPSA) is 76.9 Å². The molecule has 0 radical (unpaired) electrons. The molecule has 0 aliphatic carbocycles. The number of methoxy groups -OCH3 is 1. The molecule has 1 atom stereocenters. The first-order chi connectivity index (χ1) is 18.7. The van der Waals surface area contributed by atoms with Crippen LogP contribution in [0, 0.1) is 5.82 Å². The fourth-order valence-electron chi connectivity index (χ4n) is 4.96. The van der Waals surface area contributed by atoms with Crippen LogP contribution in [0.4, 0.5) is 10.2 Å². The van der Waals surface area contributed by atoms with Gasteiger partial charge in [0.25, 0.3) is 0 Å². The second-order valence-corrected chi connectivity index (χ2v) is 11.8. The maximum atomic E-state index is 14.4. The van der Waals surface area contributed by atoms with Gasteiger partial charge in [-0.25, -0.2) is 9.07 Å². The van der Waals surface area contributed by atoms with Crippen molar-refractivity contribution < 1.29 is 23.5 Å². The minimum absolute atomic E-state index is 0.117. The van der Waals surface area contributed by atoms with Gasteiger partial charge in [0.15, 0.2) is 0 Å². The summed E-state index contributed by atoms with van der Waals surface area (Å²) >= 11 is 1.43. The van der Waals surface area contributed by atoms with Crippen molar-refractivity contribution in [2.24, 2.45) is 0 Å². The van der Waals surface area contributed by atoms with Gasteiger partial charge in [0.1, 0.15) is 23.9 Å². The lowest BCUT2D eigenvalue weighted by molar-refractivity contribution is -0.134. The van der Waals surface area contributed by atoms with Gasteiger partial charge in [-0.05, 0) is 42.0 Å². The molecule has 2 aliphatic heterocycles. The maximum Gasteiger partial charge on any atom is 0.242 e. The number of morpholine rings is 1. The Morgan fingerprint density at radius 3 is 2.51 bits per heavy atom. The molecule has 10 heteroatoms. The summed E-state index contributed by atoms with van der Waals surface area (Å²) in [5, 5.41) is 4.71. The number of aromatic nitrogens is 2.